The molecule has 1 fully saturated rings. The fourth-order valence-corrected chi connectivity index (χ4v) is 3.26. The molecular weight excluding hydrogens is 288 g/mol. The Bertz CT molecular complexity index is 415. The van der Waals surface area contributed by atoms with Crippen molar-refractivity contribution in [2.75, 3.05) is 18.0 Å². The van der Waals surface area contributed by atoms with Gasteiger partial charge in [-0.2, -0.15) is 0 Å². The van der Waals surface area contributed by atoms with Crippen molar-refractivity contribution in [2.45, 2.75) is 33.2 Å². The standard InChI is InChI=1S/C15H23BrN2/c1-10(2)13-6-7-18(9-13)15-5-4-12(11(3)17)8-14(15)16/h4-5,8,10-11,13H,6-7,9,17H2,1-3H3/t11-,13?/m0/s1. The lowest BCUT2D eigenvalue weighted by Crippen LogP contribution is -2.21. The molecule has 0 amide bonds. The van der Waals surface area contributed by atoms with Crippen molar-refractivity contribution >= 4 is 21.6 Å². The number of anilines is 1. The second-order valence-electron chi connectivity index (χ2n) is 5.74. The predicted octanol–water partition coefficient (Wildman–Crippen LogP) is 3.95. The molecule has 0 spiro atoms. The smallest absolute Gasteiger partial charge is 0.0510 e. The summed E-state index contributed by atoms with van der Waals surface area (Å²) in [5.41, 5.74) is 8.41. The van der Waals surface area contributed by atoms with E-state index in [9.17, 15) is 0 Å². The molecule has 1 aromatic rings. The van der Waals surface area contributed by atoms with E-state index in [1.807, 2.05) is 6.92 Å². The summed E-state index contributed by atoms with van der Waals surface area (Å²) in [5.74, 6) is 1.60. The number of hydrogen-bond donors (Lipinski definition) is 1. The first-order chi connectivity index (χ1) is 8.49. The molecule has 0 radical (unpaired) electrons. The highest BCUT2D eigenvalue weighted by Crippen LogP contribution is 2.34. The first kappa shape index (κ1) is 13.9. The van der Waals surface area contributed by atoms with Crippen molar-refractivity contribution in [1.29, 1.82) is 0 Å². The summed E-state index contributed by atoms with van der Waals surface area (Å²) in [4.78, 5) is 2.49. The molecule has 1 unspecified atom stereocenters. The lowest BCUT2D eigenvalue weighted by atomic mass is 9.95. The van der Waals surface area contributed by atoms with Crippen molar-refractivity contribution in [3.8, 4) is 0 Å². The van der Waals surface area contributed by atoms with Gasteiger partial charge >= 0.3 is 0 Å². The van der Waals surface area contributed by atoms with Crippen molar-refractivity contribution in [2.24, 2.45) is 17.6 Å². The maximum Gasteiger partial charge on any atom is 0.0510 e. The van der Waals surface area contributed by atoms with Crippen LogP contribution in [0, 0.1) is 11.8 Å². The average Bonchev–Trinajstić information content (AvgIpc) is 2.78. The molecule has 2 atom stereocenters. The minimum Gasteiger partial charge on any atom is -0.370 e. The van der Waals surface area contributed by atoms with E-state index in [4.69, 9.17) is 5.73 Å². The Morgan fingerprint density at radius 1 is 1.33 bits per heavy atom. The van der Waals surface area contributed by atoms with E-state index < -0.39 is 0 Å². The molecule has 3 heteroatoms. The zero-order valence-electron chi connectivity index (χ0n) is 11.5. The van der Waals surface area contributed by atoms with Crippen LogP contribution in [0.5, 0.6) is 0 Å². The Kier molecular flexibility index (Phi) is 4.33. The Morgan fingerprint density at radius 3 is 2.56 bits per heavy atom. The van der Waals surface area contributed by atoms with Gasteiger partial charge in [0.25, 0.3) is 0 Å². The lowest BCUT2D eigenvalue weighted by molar-refractivity contribution is 0.423. The summed E-state index contributed by atoms with van der Waals surface area (Å²) in [7, 11) is 0. The largest absolute Gasteiger partial charge is 0.370 e. The van der Waals surface area contributed by atoms with Gasteiger partial charge in [-0.05, 0) is 58.8 Å². The Labute approximate surface area is 119 Å². The molecule has 1 heterocycles. The molecule has 2 N–H and O–H groups in total. The number of hydrogen-bond acceptors (Lipinski definition) is 2. The fourth-order valence-electron chi connectivity index (χ4n) is 2.61. The van der Waals surface area contributed by atoms with Gasteiger partial charge in [0.1, 0.15) is 0 Å². The third-order valence-corrected chi connectivity index (χ3v) is 4.64. The van der Waals surface area contributed by atoms with Crippen LogP contribution in [0.3, 0.4) is 0 Å². The van der Waals surface area contributed by atoms with Gasteiger partial charge in [0.05, 0.1) is 5.69 Å². The van der Waals surface area contributed by atoms with Crippen molar-refractivity contribution in [1.82, 2.24) is 0 Å². The van der Waals surface area contributed by atoms with Gasteiger partial charge in [-0.1, -0.05) is 19.9 Å². The zero-order chi connectivity index (χ0) is 13.3. The number of nitrogens with zero attached hydrogens (tertiary/aromatic N) is 1. The zero-order valence-corrected chi connectivity index (χ0v) is 13.1. The molecule has 0 bridgehead atoms. The van der Waals surface area contributed by atoms with Crippen molar-refractivity contribution in [3.05, 3.63) is 28.2 Å². The molecular formula is C15H23BrN2. The topological polar surface area (TPSA) is 29.3 Å². The molecule has 1 saturated heterocycles. The molecule has 1 aliphatic rings. The van der Waals surface area contributed by atoms with Gasteiger partial charge < -0.3 is 10.6 Å². The van der Waals surface area contributed by atoms with E-state index >= 15 is 0 Å². The number of benzene rings is 1. The molecule has 100 valence electrons. The van der Waals surface area contributed by atoms with Crippen molar-refractivity contribution in [3.63, 3.8) is 0 Å². The highest BCUT2D eigenvalue weighted by molar-refractivity contribution is 9.10. The first-order valence-electron chi connectivity index (χ1n) is 6.79. The second-order valence-corrected chi connectivity index (χ2v) is 6.59. The number of halogens is 1. The van der Waals surface area contributed by atoms with Crippen LogP contribution in [-0.4, -0.2) is 13.1 Å². The minimum atomic E-state index is 0.0948. The van der Waals surface area contributed by atoms with Gasteiger partial charge in [-0.3, -0.25) is 0 Å². The van der Waals surface area contributed by atoms with E-state index in [1.165, 1.54) is 35.2 Å². The van der Waals surface area contributed by atoms with Crippen LogP contribution in [0.2, 0.25) is 0 Å². The van der Waals surface area contributed by atoms with E-state index in [0.717, 1.165) is 11.8 Å². The molecule has 1 aliphatic heterocycles. The molecule has 18 heavy (non-hydrogen) atoms. The van der Waals surface area contributed by atoms with Crippen LogP contribution in [0.25, 0.3) is 0 Å². The molecule has 1 aromatic carbocycles. The quantitative estimate of drug-likeness (QED) is 0.916. The Morgan fingerprint density at radius 2 is 2.06 bits per heavy atom. The van der Waals surface area contributed by atoms with E-state index in [-0.39, 0.29) is 6.04 Å². The molecule has 0 aliphatic carbocycles. The molecule has 0 aromatic heterocycles. The number of rotatable bonds is 3. The molecule has 2 rings (SSSR count). The van der Waals surface area contributed by atoms with Crippen molar-refractivity contribution < 1.29 is 0 Å². The summed E-state index contributed by atoms with van der Waals surface area (Å²) in [6.45, 7) is 9.00. The van der Waals surface area contributed by atoms with Gasteiger partial charge in [0.15, 0.2) is 0 Å². The third kappa shape index (κ3) is 2.89. The predicted molar refractivity (Wildman–Crippen MR) is 81.9 cm³/mol. The van der Waals surface area contributed by atoms with Gasteiger partial charge in [-0.25, -0.2) is 0 Å². The maximum atomic E-state index is 5.91. The van der Waals surface area contributed by atoms with E-state index in [1.54, 1.807) is 0 Å². The lowest BCUT2D eigenvalue weighted by Gasteiger charge is -2.22. The summed E-state index contributed by atoms with van der Waals surface area (Å²) < 4.78 is 1.17. The molecule has 2 nitrogen and oxygen atoms in total. The van der Waals surface area contributed by atoms with Crippen LogP contribution in [0.1, 0.15) is 38.8 Å². The van der Waals surface area contributed by atoms with E-state index in [0.29, 0.717) is 0 Å². The average molecular weight is 311 g/mol. The molecule has 0 saturated carbocycles. The van der Waals surface area contributed by atoms with Gasteiger partial charge in [0.2, 0.25) is 0 Å². The monoisotopic (exact) mass is 310 g/mol. The van der Waals surface area contributed by atoms with Crippen LogP contribution in [0.15, 0.2) is 22.7 Å². The Hall–Kier alpha value is -0.540. The summed E-state index contributed by atoms with van der Waals surface area (Å²) >= 11 is 3.69. The van der Waals surface area contributed by atoms with E-state index in [2.05, 4.69) is 52.9 Å². The van der Waals surface area contributed by atoms with Crippen LogP contribution in [-0.2, 0) is 0 Å². The fraction of sp³-hybridized carbons (Fsp3) is 0.600. The van der Waals surface area contributed by atoms with Crippen LogP contribution in [0.4, 0.5) is 5.69 Å². The summed E-state index contributed by atoms with van der Waals surface area (Å²) in [6, 6.07) is 6.60. The third-order valence-electron chi connectivity index (χ3n) is 4.01. The Balaban J connectivity index is 2.15. The van der Waals surface area contributed by atoms with Crippen LogP contribution >= 0.6 is 15.9 Å². The van der Waals surface area contributed by atoms with Gasteiger partial charge in [-0.15, -0.1) is 0 Å². The SMILES string of the molecule is CC(C)C1CCN(c2ccc([C@H](C)N)cc2Br)C1. The number of nitrogens with two attached hydrogens (primary N) is 1. The summed E-state index contributed by atoms with van der Waals surface area (Å²) in [6.07, 6.45) is 1.30. The highest BCUT2D eigenvalue weighted by Gasteiger charge is 2.26. The minimum absolute atomic E-state index is 0.0948. The van der Waals surface area contributed by atoms with Crippen LogP contribution < -0.4 is 10.6 Å². The normalized spacial score (nSPS) is 21.7. The summed E-state index contributed by atoms with van der Waals surface area (Å²) in [5, 5.41) is 0. The first-order valence-corrected chi connectivity index (χ1v) is 7.58. The second kappa shape index (κ2) is 5.62. The maximum absolute atomic E-state index is 5.91. The van der Waals surface area contributed by atoms with Gasteiger partial charge in [0, 0.05) is 23.6 Å². The highest BCUT2D eigenvalue weighted by atomic mass is 79.9.